The topological polar surface area (TPSA) is 50.8 Å². The molecular weight excluding hydrogens is 261 g/mol. The van der Waals surface area contributed by atoms with Gasteiger partial charge in [-0.1, -0.05) is 23.2 Å². The van der Waals surface area contributed by atoms with Crippen LogP contribution in [0.2, 0.25) is 10.2 Å². The zero-order chi connectivity index (χ0) is 12.0. The van der Waals surface area contributed by atoms with E-state index in [4.69, 9.17) is 27.9 Å². The highest BCUT2D eigenvalue weighted by atomic mass is 35.5. The fourth-order valence-electron chi connectivity index (χ4n) is 2.18. The van der Waals surface area contributed by atoms with E-state index in [1.165, 1.54) is 0 Å². The molecular formula is C11H11Cl2N3O. The minimum Gasteiger partial charge on any atom is -0.378 e. The van der Waals surface area contributed by atoms with Crippen LogP contribution in [0.3, 0.4) is 0 Å². The molecule has 0 saturated carbocycles. The van der Waals surface area contributed by atoms with Crippen LogP contribution in [0.25, 0.3) is 11.2 Å². The molecule has 1 saturated heterocycles. The number of rotatable bonds is 1. The van der Waals surface area contributed by atoms with Crippen LogP contribution in [0, 0.1) is 0 Å². The lowest BCUT2D eigenvalue weighted by atomic mass is 10.0. The van der Waals surface area contributed by atoms with E-state index in [0.717, 1.165) is 24.4 Å². The first-order valence-electron chi connectivity index (χ1n) is 5.48. The van der Waals surface area contributed by atoms with Crippen molar-refractivity contribution >= 4 is 34.4 Å². The van der Waals surface area contributed by atoms with Gasteiger partial charge in [-0.05, 0) is 19.4 Å². The van der Waals surface area contributed by atoms with Gasteiger partial charge in [-0.3, -0.25) is 0 Å². The third kappa shape index (κ3) is 1.90. The van der Waals surface area contributed by atoms with Crippen molar-refractivity contribution in [2.45, 2.75) is 25.4 Å². The lowest BCUT2D eigenvalue weighted by Crippen LogP contribution is -2.10. The van der Waals surface area contributed by atoms with Crippen molar-refractivity contribution in [2.75, 3.05) is 6.61 Å². The van der Waals surface area contributed by atoms with Crippen molar-refractivity contribution in [3.05, 3.63) is 22.1 Å². The summed E-state index contributed by atoms with van der Waals surface area (Å²) in [5, 5.41) is 0.720. The largest absolute Gasteiger partial charge is 0.378 e. The molecule has 17 heavy (non-hydrogen) atoms. The predicted octanol–water partition coefficient (Wildman–Crippen LogP) is 3.16. The van der Waals surface area contributed by atoms with Gasteiger partial charge in [-0.15, -0.1) is 0 Å². The molecule has 0 bridgehead atoms. The van der Waals surface area contributed by atoms with E-state index in [-0.39, 0.29) is 11.3 Å². The Morgan fingerprint density at radius 1 is 1.41 bits per heavy atom. The number of ether oxygens (including phenoxy) is 1. The number of hydrogen-bond acceptors (Lipinski definition) is 3. The molecule has 0 aromatic carbocycles. The average molecular weight is 272 g/mol. The summed E-state index contributed by atoms with van der Waals surface area (Å²) in [5.41, 5.74) is 1.42. The van der Waals surface area contributed by atoms with Crippen molar-refractivity contribution in [2.24, 2.45) is 0 Å². The van der Waals surface area contributed by atoms with Gasteiger partial charge in [-0.2, -0.15) is 0 Å². The Morgan fingerprint density at radius 3 is 2.94 bits per heavy atom. The number of aromatic nitrogens is 3. The molecule has 3 rings (SSSR count). The summed E-state index contributed by atoms with van der Waals surface area (Å²) in [4.78, 5) is 11.8. The van der Waals surface area contributed by atoms with E-state index in [1.54, 1.807) is 6.07 Å². The molecule has 4 nitrogen and oxygen atoms in total. The molecule has 6 heteroatoms. The summed E-state index contributed by atoms with van der Waals surface area (Å²) < 4.78 is 5.53. The van der Waals surface area contributed by atoms with Crippen LogP contribution in [0.4, 0.5) is 0 Å². The van der Waals surface area contributed by atoms with Crippen molar-refractivity contribution in [1.82, 2.24) is 15.0 Å². The average Bonchev–Trinajstić information content (AvgIpc) is 2.85. The first kappa shape index (κ1) is 11.3. The van der Waals surface area contributed by atoms with Gasteiger partial charge in [-0.25, -0.2) is 9.97 Å². The minimum absolute atomic E-state index is 0.182. The van der Waals surface area contributed by atoms with Gasteiger partial charge in [0.15, 0.2) is 5.65 Å². The van der Waals surface area contributed by atoms with E-state index < -0.39 is 0 Å². The quantitative estimate of drug-likeness (QED) is 0.811. The molecule has 2 atom stereocenters. The van der Waals surface area contributed by atoms with Crippen molar-refractivity contribution in [3.63, 3.8) is 0 Å². The molecule has 2 aromatic heterocycles. The molecule has 2 unspecified atom stereocenters. The van der Waals surface area contributed by atoms with E-state index in [0.29, 0.717) is 16.6 Å². The van der Waals surface area contributed by atoms with Gasteiger partial charge >= 0.3 is 0 Å². The number of imidazole rings is 1. The summed E-state index contributed by atoms with van der Waals surface area (Å²) in [6, 6.07) is 1.75. The molecule has 1 fully saturated rings. The third-order valence-corrected chi connectivity index (χ3v) is 3.80. The van der Waals surface area contributed by atoms with Crippen LogP contribution < -0.4 is 0 Å². The van der Waals surface area contributed by atoms with E-state index in [2.05, 4.69) is 21.9 Å². The van der Waals surface area contributed by atoms with Crippen molar-refractivity contribution in [3.8, 4) is 0 Å². The predicted molar refractivity (Wildman–Crippen MR) is 66.7 cm³/mol. The SMILES string of the molecule is CC1OCCC1c1nc2nc(Cl)c(Cl)cc2[nH]1. The fourth-order valence-corrected chi connectivity index (χ4v) is 2.47. The van der Waals surface area contributed by atoms with Gasteiger partial charge in [0, 0.05) is 12.5 Å². The lowest BCUT2D eigenvalue weighted by Gasteiger charge is -2.09. The number of fused-ring (bicyclic) bond motifs is 1. The van der Waals surface area contributed by atoms with E-state index >= 15 is 0 Å². The number of H-pyrrole nitrogens is 1. The highest BCUT2D eigenvalue weighted by Crippen LogP contribution is 2.31. The molecule has 1 aliphatic heterocycles. The highest BCUT2D eigenvalue weighted by Gasteiger charge is 2.28. The van der Waals surface area contributed by atoms with Crippen molar-refractivity contribution < 1.29 is 4.74 Å². The molecule has 1 N–H and O–H groups in total. The zero-order valence-corrected chi connectivity index (χ0v) is 10.7. The molecule has 0 aliphatic carbocycles. The molecule has 0 spiro atoms. The second-order valence-corrected chi connectivity index (χ2v) is 4.99. The molecule has 3 heterocycles. The first-order chi connectivity index (χ1) is 8.15. The normalized spacial score (nSPS) is 24.6. The van der Waals surface area contributed by atoms with E-state index in [1.807, 2.05) is 0 Å². The Hall–Kier alpha value is -0.840. The van der Waals surface area contributed by atoms with Crippen LogP contribution in [-0.4, -0.2) is 27.7 Å². The Morgan fingerprint density at radius 2 is 2.24 bits per heavy atom. The lowest BCUT2D eigenvalue weighted by molar-refractivity contribution is 0.117. The Labute approximate surface area is 108 Å². The van der Waals surface area contributed by atoms with Crippen LogP contribution in [-0.2, 0) is 4.74 Å². The number of hydrogen-bond donors (Lipinski definition) is 1. The summed E-state index contributed by atoms with van der Waals surface area (Å²) >= 11 is 11.8. The monoisotopic (exact) mass is 271 g/mol. The van der Waals surface area contributed by atoms with Crippen LogP contribution in [0.1, 0.15) is 25.1 Å². The van der Waals surface area contributed by atoms with Gasteiger partial charge in [0.25, 0.3) is 0 Å². The molecule has 0 amide bonds. The number of nitrogens with one attached hydrogen (secondary N) is 1. The number of aromatic amines is 1. The molecule has 1 aliphatic rings. The van der Waals surface area contributed by atoms with Crippen molar-refractivity contribution in [1.29, 1.82) is 0 Å². The minimum atomic E-state index is 0.182. The molecule has 0 radical (unpaired) electrons. The number of pyridine rings is 1. The van der Waals surface area contributed by atoms with Crippen LogP contribution >= 0.6 is 23.2 Å². The van der Waals surface area contributed by atoms with Gasteiger partial charge in [0.2, 0.25) is 0 Å². The Kier molecular flexibility index (Phi) is 2.73. The fraction of sp³-hybridized carbons (Fsp3) is 0.455. The molecule has 2 aromatic rings. The second kappa shape index (κ2) is 4.12. The highest BCUT2D eigenvalue weighted by molar-refractivity contribution is 6.41. The number of nitrogens with zero attached hydrogens (tertiary/aromatic N) is 2. The van der Waals surface area contributed by atoms with Crippen LogP contribution in [0.15, 0.2) is 6.07 Å². The van der Waals surface area contributed by atoms with Gasteiger partial charge in [0.05, 0.1) is 16.6 Å². The molecule has 90 valence electrons. The summed E-state index contributed by atoms with van der Waals surface area (Å²) in [5.74, 6) is 1.19. The maximum Gasteiger partial charge on any atom is 0.179 e. The maximum absolute atomic E-state index is 5.92. The Balaban J connectivity index is 2.07. The number of halogens is 2. The smallest absolute Gasteiger partial charge is 0.179 e. The Bertz CT molecular complexity index is 530. The van der Waals surface area contributed by atoms with Gasteiger partial charge < -0.3 is 9.72 Å². The maximum atomic E-state index is 5.92. The third-order valence-electron chi connectivity index (χ3n) is 3.13. The summed E-state index contributed by atoms with van der Waals surface area (Å²) in [6.07, 6.45) is 1.16. The second-order valence-electron chi connectivity index (χ2n) is 4.23. The zero-order valence-electron chi connectivity index (χ0n) is 9.20. The van der Waals surface area contributed by atoms with E-state index in [9.17, 15) is 0 Å². The first-order valence-corrected chi connectivity index (χ1v) is 6.24. The standard InChI is InChI=1S/C11H11Cl2N3O/c1-5-6(2-3-17-5)10-14-8-4-7(12)9(13)15-11(8)16-10/h4-6H,2-3H2,1H3,(H,14,15,16). The van der Waals surface area contributed by atoms with Crippen LogP contribution in [0.5, 0.6) is 0 Å². The summed E-state index contributed by atoms with van der Waals surface area (Å²) in [7, 11) is 0. The summed E-state index contributed by atoms with van der Waals surface area (Å²) in [6.45, 7) is 2.83. The van der Waals surface area contributed by atoms with Gasteiger partial charge in [0.1, 0.15) is 11.0 Å².